The van der Waals surface area contributed by atoms with Gasteiger partial charge in [0.15, 0.2) is 5.69 Å². The molecule has 1 amide bonds. The molecule has 15 heteroatoms. The average Bonchev–Trinajstić information content (AvgIpc) is 2.70. The molecule has 0 aliphatic carbocycles. The number of ether oxygens (including phenoxy) is 1. The van der Waals surface area contributed by atoms with Crippen molar-refractivity contribution in [1.29, 1.82) is 0 Å². The van der Waals surface area contributed by atoms with Crippen molar-refractivity contribution >= 4 is 23.2 Å². The van der Waals surface area contributed by atoms with Crippen molar-refractivity contribution in [1.82, 2.24) is 9.97 Å². The Labute approximate surface area is 187 Å². The number of amidine groups is 1. The highest BCUT2D eigenvalue weighted by Gasteiger charge is 2.59. The smallest absolute Gasteiger partial charge is 0.397 e. The van der Waals surface area contributed by atoms with E-state index in [1.807, 2.05) is 0 Å². The average molecular weight is 494 g/mol. The number of carbonyl (C=O) groups is 1. The number of carbonyl (C=O) groups excluding carboxylic acids is 1. The van der Waals surface area contributed by atoms with Crippen molar-refractivity contribution in [3.05, 3.63) is 47.2 Å². The highest BCUT2D eigenvalue weighted by molar-refractivity contribution is 6.05. The first-order valence-corrected chi connectivity index (χ1v) is 9.35. The molecule has 3 rings (SSSR count). The molecule has 0 aromatic carbocycles. The fourth-order valence-electron chi connectivity index (χ4n) is 3.00. The Morgan fingerprint density at radius 3 is 2.32 bits per heavy atom. The number of nitrogens with zero attached hydrogens (tertiary/aromatic N) is 3. The predicted molar refractivity (Wildman–Crippen MR) is 105 cm³/mol. The maximum Gasteiger partial charge on any atom is 0.424 e. The summed E-state index contributed by atoms with van der Waals surface area (Å²) < 4.78 is 97.6. The van der Waals surface area contributed by atoms with E-state index in [9.17, 15) is 35.5 Å². The van der Waals surface area contributed by atoms with Gasteiger partial charge in [0.25, 0.3) is 5.91 Å². The number of hydrogen-bond acceptors (Lipinski definition) is 7. The van der Waals surface area contributed by atoms with E-state index in [1.165, 1.54) is 6.92 Å². The number of aromatic nitrogens is 2. The number of alkyl halides is 6. The van der Waals surface area contributed by atoms with Gasteiger partial charge >= 0.3 is 12.4 Å². The zero-order chi connectivity index (χ0) is 25.7. The number of pyridine rings is 2. The molecular weight excluding hydrogens is 477 g/mol. The van der Waals surface area contributed by atoms with Crippen LogP contribution < -0.4 is 16.8 Å². The van der Waals surface area contributed by atoms with Gasteiger partial charge in [-0.3, -0.25) is 9.79 Å². The van der Waals surface area contributed by atoms with Crippen LogP contribution in [0.4, 0.5) is 42.2 Å². The lowest BCUT2D eigenvalue weighted by Gasteiger charge is -2.40. The number of nitrogens with one attached hydrogen (secondary N) is 1. The summed E-state index contributed by atoms with van der Waals surface area (Å²) in [7, 11) is 0. The Morgan fingerprint density at radius 1 is 1.15 bits per heavy atom. The minimum Gasteiger partial charge on any atom is -0.397 e. The van der Waals surface area contributed by atoms with Crippen molar-refractivity contribution in [3.63, 3.8) is 0 Å². The molecule has 0 bridgehead atoms. The highest BCUT2D eigenvalue weighted by Crippen LogP contribution is 2.41. The summed E-state index contributed by atoms with van der Waals surface area (Å²) in [6, 6.07) is 2.38. The standard InChI is InChI=1S/C19H17F7N6O2/c1-16(7-34-17(2,15(28)32-16)19(24,25)26)13-9(20)3-4-11(30-13)31-14(33)12-10(27)5-8(6-29-12)18(21,22)23/h3-6H,7,27H2,1-2H3,(H2,28,32)(H,30,31,33)/t16-,17+/m0/s1. The molecule has 2 aromatic rings. The summed E-state index contributed by atoms with van der Waals surface area (Å²) >= 11 is 0. The number of halogens is 7. The summed E-state index contributed by atoms with van der Waals surface area (Å²) in [5, 5.41) is 2.19. The number of aliphatic imine (C=N–C) groups is 1. The van der Waals surface area contributed by atoms with E-state index in [2.05, 4.69) is 20.3 Å². The van der Waals surface area contributed by atoms with Gasteiger partial charge in [0, 0.05) is 6.20 Å². The van der Waals surface area contributed by atoms with E-state index >= 15 is 0 Å². The zero-order valence-corrected chi connectivity index (χ0v) is 17.5. The summed E-state index contributed by atoms with van der Waals surface area (Å²) in [6.07, 6.45) is -9.21. The van der Waals surface area contributed by atoms with Crippen molar-refractivity contribution in [3.8, 4) is 0 Å². The minimum absolute atomic E-state index is 0.304. The minimum atomic E-state index is -4.89. The molecule has 3 heterocycles. The quantitative estimate of drug-likeness (QED) is 0.562. The Bertz CT molecular complexity index is 1170. The summed E-state index contributed by atoms with van der Waals surface area (Å²) in [5.41, 5.74) is 3.52. The van der Waals surface area contributed by atoms with Crippen LogP contribution in [0.5, 0.6) is 0 Å². The van der Waals surface area contributed by atoms with E-state index in [4.69, 9.17) is 16.2 Å². The third kappa shape index (κ3) is 4.47. The molecule has 8 nitrogen and oxygen atoms in total. The number of rotatable bonds is 3. The van der Waals surface area contributed by atoms with E-state index in [0.717, 1.165) is 12.1 Å². The molecule has 0 unspecified atom stereocenters. The second kappa shape index (κ2) is 8.07. The van der Waals surface area contributed by atoms with Crippen molar-refractivity contribution < 1.29 is 40.3 Å². The first kappa shape index (κ1) is 25.1. The van der Waals surface area contributed by atoms with Crippen molar-refractivity contribution in [2.45, 2.75) is 37.3 Å². The van der Waals surface area contributed by atoms with Crippen molar-refractivity contribution in [2.75, 3.05) is 17.7 Å². The largest absolute Gasteiger partial charge is 0.424 e. The summed E-state index contributed by atoms with van der Waals surface area (Å²) in [5.74, 6) is -3.30. The number of hydrogen-bond donors (Lipinski definition) is 3. The monoisotopic (exact) mass is 494 g/mol. The topological polar surface area (TPSA) is 129 Å². The first-order chi connectivity index (χ1) is 15.5. The molecule has 0 fully saturated rings. The maximum atomic E-state index is 14.5. The third-order valence-corrected chi connectivity index (χ3v) is 5.10. The van der Waals surface area contributed by atoms with Gasteiger partial charge in [-0.15, -0.1) is 0 Å². The number of amides is 1. The predicted octanol–water partition coefficient (Wildman–Crippen LogP) is 3.39. The van der Waals surface area contributed by atoms with Crippen LogP contribution >= 0.6 is 0 Å². The molecule has 0 radical (unpaired) electrons. The molecule has 2 atom stereocenters. The third-order valence-electron chi connectivity index (χ3n) is 5.10. The molecule has 1 aliphatic heterocycles. The number of anilines is 2. The van der Waals surface area contributed by atoms with Gasteiger partial charge in [-0.05, 0) is 32.0 Å². The van der Waals surface area contributed by atoms with Crippen LogP contribution in [0.25, 0.3) is 0 Å². The van der Waals surface area contributed by atoms with Crippen molar-refractivity contribution in [2.24, 2.45) is 10.7 Å². The Morgan fingerprint density at radius 2 is 1.79 bits per heavy atom. The Balaban J connectivity index is 1.91. The molecule has 0 spiro atoms. The molecule has 34 heavy (non-hydrogen) atoms. The van der Waals surface area contributed by atoms with Gasteiger partial charge in [-0.1, -0.05) is 0 Å². The normalized spacial score (nSPS) is 23.4. The fourth-order valence-corrected chi connectivity index (χ4v) is 3.00. The summed E-state index contributed by atoms with van der Waals surface area (Å²) in [4.78, 5) is 23.5. The van der Waals surface area contributed by atoms with Gasteiger partial charge in [0.1, 0.15) is 28.7 Å². The molecule has 1 aliphatic rings. The Hall–Kier alpha value is -3.49. The van der Waals surface area contributed by atoms with Gasteiger partial charge in [0.05, 0.1) is 17.9 Å². The second-order valence-corrected chi connectivity index (χ2v) is 7.73. The second-order valence-electron chi connectivity index (χ2n) is 7.73. The first-order valence-electron chi connectivity index (χ1n) is 9.35. The zero-order valence-electron chi connectivity index (χ0n) is 17.5. The van der Waals surface area contributed by atoms with Crippen LogP contribution in [0.3, 0.4) is 0 Å². The molecule has 184 valence electrons. The molecule has 0 saturated carbocycles. The maximum absolute atomic E-state index is 14.5. The lowest BCUT2D eigenvalue weighted by molar-refractivity contribution is -0.249. The number of nitrogen functional groups attached to an aromatic ring is 1. The molecular formula is C19H17F7N6O2. The van der Waals surface area contributed by atoms with E-state index in [1.54, 1.807) is 0 Å². The van der Waals surface area contributed by atoms with Gasteiger partial charge in [-0.25, -0.2) is 14.4 Å². The van der Waals surface area contributed by atoms with Crippen LogP contribution in [-0.4, -0.2) is 40.1 Å². The van der Waals surface area contributed by atoms with Gasteiger partial charge < -0.3 is 21.5 Å². The van der Waals surface area contributed by atoms with Gasteiger partial charge in [0.2, 0.25) is 5.60 Å². The summed E-state index contributed by atoms with van der Waals surface area (Å²) in [6.45, 7) is 1.15. The van der Waals surface area contributed by atoms with E-state index in [-0.39, 0.29) is 5.82 Å². The molecule has 0 saturated heterocycles. The fraction of sp³-hybridized carbons (Fsp3) is 0.368. The van der Waals surface area contributed by atoms with E-state index in [0.29, 0.717) is 19.2 Å². The molecule has 5 N–H and O–H groups in total. The van der Waals surface area contributed by atoms with Gasteiger partial charge in [-0.2, -0.15) is 26.3 Å². The lowest BCUT2D eigenvalue weighted by Crippen LogP contribution is -2.60. The lowest BCUT2D eigenvalue weighted by atomic mass is 9.93. The van der Waals surface area contributed by atoms with Crippen LogP contribution in [0, 0.1) is 5.82 Å². The van der Waals surface area contributed by atoms with E-state index < -0.39 is 70.3 Å². The Kier molecular flexibility index (Phi) is 5.97. The van der Waals surface area contributed by atoms with Crippen LogP contribution in [0.2, 0.25) is 0 Å². The van der Waals surface area contributed by atoms with Crippen LogP contribution in [0.1, 0.15) is 35.6 Å². The van der Waals surface area contributed by atoms with Crippen LogP contribution in [-0.2, 0) is 16.5 Å². The molecule has 2 aromatic heterocycles. The number of nitrogens with two attached hydrogens (primary N) is 2. The SMILES string of the molecule is C[C@@]1(c2nc(NC(=O)c3ncc(C(F)(F)F)cc3N)ccc2F)CO[C@@](C)(C(F)(F)F)C(N)=N1. The highest BCUT2D eigenvalue weighted by atomic mass is 19.4. The van der Waals surface area contributed by atoms with Crippen LogP contribution in [0.15, 0.2) is 29.4 Å².